The number of ether oxygens (including phenoxy) is 1. The Morgan fingerprint density at radius 3 is 2.59 bits per heavy atom. The first-order valence-electron chi connectivity index (χ1n) is 8.52. The maximum Gasteiger partial charge on any atom is 0.348 e. The Morgan fingerprint density at radius 1 is 1.10 bits per heavy atom. The number of nitrogens with zero attached hydrogens (tertiary/aromatic N) is 4. The van der Waals surface area contributed by atoms with Crippen molar-refractivity contribution in [1.82, 2.24) is 25.1 Å². The van der Waals surface area contributed by atoms with Crippen molar-refractivity contribution in [3.8, 4) is 5.75 Å². The predicted molar refractivity (Wildman–Crippen MR) is 99.9 cm³/mol. The Hall–Kier alpha value is -3.69. The van der Waals surface area contributed by atoms with Crippen LogP contribution in [0.4, 0.5) is 24.8 Å². The fourth-order valence-electron chi connectivity index (χ4n) is 2.75. The van der Waals surface area contributed by atoms with Crippen LogP contribution in [0.3, 0.4) is 0 Å². The normalized spacial score (nSPS) is 11.6. The topological polar surface area (TPSA) is 88.6 Å². The number of methoxy groups -OCH3 is 1. The van der Waals surface area contributed by atoms with Gasteiger partial charge in [0.25, 0.3) is 0 Å². The van der Waals surface area contributed by atoms with Crippen LogP contribution in [0.15, 0.2) is 42.6 Å². The number of anilines is 2. The molecule has 0 saturated heterocycles. The average molecular weight is 400 g/mol. The molecule has 3 heterocycles. The molecule has 7 nitrogen and oxygen atoms in total. The number of nitrogens with one attached hydrogen (secondary N) is 2. The summed E-state index contributed by atoms with van der Waals surface area (Å²) < 4.78 is 48.4. The highest BCUT2D eigenvalue weighted by Gasteiger charge is 2.40. The number of alkyl halides is 2. The minimum Gasteiger partial charge on any atom is -0.497 e. The van der Waals surface area contributed by atoms with Gasteiger partial charge in [0.1, 0.15) is 23.1 Å². The van der Waals surface area contributed by atoms with E-state index < -0.39 is 23.3 Å². The Labute approximate surface area is 163 Å². The van der Waals surface area contributed by atoms with E-state index in [0.717, 1.165) is 24.0 Å². The molecule has 1 aromatic carbocycles. The molecule has 3 aromatic heterocycles. The first kappa shape index (κ1) is 18.7. The number of aromatic amines is 1. The quantitative estimate of drug-likeness (QED) is 0.525. The standard InChI is InChI=1S/C19H15F3N6O/c1-10-7-16(28-27-10)25-17-13-5-4-12(29-2)8-14(13)24-18(26-17)19(21,22)15-6-3-11(20)9-23-15/h3-9H,1-2H3,(H2,24,25,26,27,28). The molecule has 29 heavy (non-hydrogen) atoms. The van der Waals surface area contributed by atoms with Gasteiger partial charge in [-0.15, -0.1) is 0 Å². The molecule has 0 aliphatic rings. The van der Waals surface area contributed by atoms with Gasteiger partial charge >= 0.3 is 5.92 Å². The largest absolute Gasteiger partial charge is 0.497 e. The van der Waals surface area contributed by atoms with Crippen LogP contribution in [0, 0.1) is 12.7 Å². The zero-order chi connectivity index (χ0) is 20.6. The Morgan fingerprint density at radius 2 is 1.93 bits per heavy atom. The summed E-state index contributed by atoms with van der Waals surface area (Å²) in [6.07, 6.45) is 0.721. The molecular weight excluding hydrogens is 385 g/mol. The molecule has 0 atom stereocenters. The SMILES string of the molecule is COc1ccc2c(Nc3cc(C)[nH]n3)nc(C(F)(F)c3ccc(F)cn3)nc2c1. The number of hydrogen-bond acceptors (Lipinski definition) is 6. The number of benzene rings is 1. The van der Waals surface area contributed by atoms with Gasteiger partial charge in [-0.25, -0.2) is 14.4 Å². The molecule has 0 spiro atoms. The summed E-state index contributed by atoms with van der Waals surface area (Å²) >= 11 is 0. The maximum absolute atomic E-state index is 15.1. The molecule has 0 amide bonds. The van der Waals surface area contributed by atoms with Crippen molar-refractivity contribution in [1.29, 1.82) is 0 Å². The first-order chi connectivity index (χ1) is 13.9. The number of H-pyrrole nitrogens is 1. The van der Waals surface area contributed by atoms with Crippen molar-refractivity contribution in [2.75, 3.05) is 12.4 Å². The van der Waals surface area contributed by atoms with E-state index in [1.54, 1.807) is 25.1 Å². The molecule has 0 aliphatic carbocycles. The molecule has 0 bridgehead atoms. The number of aryl methyl sites for hydroxylation is 1. The number of hydrogen-bond donors (Lipinski definition) is 2. The molecule has 0 radical (unpaired) electrons. The summed E-state index contributed by atoms with van der Waals surface area (Å²) in [5.41, 5.74) is 0.363. The Kier molecular flexibility index (Phi) is 4.53. The second-order valence-corrected chi connectivity index (χ2v) is 6.28. The van der Waals surface area contributed by atoms with E-state index in [1.807, 2.05) is 0 Å². The smallest absolute Gasteiger partial charge is 0.348 e. The van der Waals surface area contributed by atoms with Crippen molar-refractivity contribution in [3.05, 3.63) is 65.6 Å². The van der Waals surface area contributed by atoms with Gasteiger partial charge in [-0.05, 0) is 31.2 Å². The summed E-state index contributed by atoms with van der Waals surface area (Å²) in [6, 6.07) is 8.37. The third-order valence-corrected chi connectivity index (χ3v) is 4.19. The van der Waals surface area contributed by atoms with Gasteiger partial charge in [0.15, 0.2) is 5.82 Å². The molecule has 0 saturated carbocycles. The summed E-state index contributed by atoms with van der Waals surface area (Å²) in [5, 5.41) is 10.2. The second-order valence-electron chi connectivity index (χ2n) is 6.28. The second kappa shape index (κ2) is 7.04. The van der Waals surface area contributed by atoms with E-state index in [1.165, 1.54) is 13.2 Å². The van der Waals surface area contributed by atoms with Gasteiger partial charge in [0.2, 0.25) is 5.82 Å². The zero-order valence-corrected chi connectivity index (χ0v) is 15.4. The lowest BCUT2D eigenvalue weighted by molar-refractivity contribution is 0.0285. The number of pyridine rings is 1. The van der Waals surface area contributed by atoms with E-state index in [2.05, 4.69) is 30.5 Å². The molecule has 10 heteroatoms. The summed E-state index contributed by atoms with van der Waals surface area (Å²) in [4.78, 5) is 11.5. The first-order valence-corrected chi connectivity index (χ1v) is 8.52. The summed E-state index contributed by atoms with van der Waals surface area (Å²) in [6.45, 7) is 1.81. The van der Waals surface area contributed by atoms with Crippen LogP contribution in [0.5, 0.6) is 5.75 Å². The van der Waals surface area contributed by atoms with Crippen LogP contribution in [0.1, 0.15) is 17.2 Å². The lowest BCUT2D eigenvalue weighted by atomic mass is 10.1. The van der Waals surface area contributed by atoms with Gasteiger partial charge < -0.3 is 10.1 Å². The maximum atomic E-state index is 15.1. The average Bonchev–Trinajstić information content (AvgIpc) is 3.12. The fourth-order valence-corrected chi connectivity index (χ4v) is 2.75. The molecule has 0 fully saturated rings. The van der Waals surface area contributed by atoms with Crippen molar-refractivity contribution >= 4 is 22.5 Å². The minimum atomic E-state index is -3.65. The molecule has 2 N–H and O–H groups in total. The third kappa shape index (κ3) is 3.56. The highest BCUT2D eigenvalue weighted by atomic mass is 19.3. The van der Waals surface area contributed by atoms with E-state index in [-0.39, 0.29) is 11.3 Å². The van der Waals surface area contributed by atoms with Crippen molar-refractivity contribution in [2.24, 2.45) is 0 Å². The Bertz CT molecular complexity index is 1180. The molecule has 0 aliphatic heterocycles. The van der Waals surface area contributed by atoms with Crippen molar-refractivity contribution in [3.63, 3.8) is 0 Å². The number of fused-ring (bicyclic) bond motifs is 1. The number of halogens is 3. The molecule has 148 valence electrons. The lowest BCUT2D eigenvalue weighted by Crippen LogP contribution is -2.21. The molecular formula is C19H15F3N6O. The monoisotopic (exact) mass is 400 g/mol. The highest BCUT2D eigenvalue weighted by Crippen LogP contribution is 2.35. The zero-order valence-electron chi connectivity index (χ0n) is 15.4. The van der Waals surface area contributed by atoms with Gasteiger partial charge in [0.05, 0.1) is 18.8 Å². The molecule has 0 unspecified atom stereocenters. The molecule has 4 aromatic rings. The van der Waals surface area contributed by atoms with E-state index in [0.29, 0.717) is 17.0 Å². The van der Waals surface area contributed by atoms with Crippen LogP contribution >= 0.6 is 0 Å². The van der Waals surface area contributed by atoms with Crippen LogP contribution in [0.25, 0.3) is 10.9 Å². The van der Waals surface area contributed by atoms with Gasteiger partial charge in [0, 0.05) is 23.2 Å². The van der Waals surface area contributed by atoms with Crippen LogP contribution in [-0.2, 0) is 5.92 Å². The van der Waals surface area contributed by atoms with Crippen molar-refractivity contribution < 1.29 is 17.9 Å². The predicted octanol–water partition coefficient (Wildman–Crippen LogP) is 4.09. The van der Waals surface area contributed by atoms with E-state index in [9.17, 15) is 4.39 Å². The minimum absolute atomic E-state index is 0.140. The van der Waals surface area contributed by atoms with E-state index in [4.69, 9.17) is 4.74 Å². The van der Waals surface area contributed by atoms with Crippen LogP contribution in [0.2, 0.25) is 0 Å². The van der Waals surface area contributed by atoms with Gasteiger partial charge in [-0.3, -0.25) is 10.1 Å². The van der Waals surface area contributed by atoms with E-state index >= 15 is 8.78 Å². The summed E-state index contributed by atoms with van der Waals surface area (Å²) in [7, 11) is 1.46. The number of rotatable bonds is 5. The number of aromatic nitrogens is 5. The van der Waals surface area contributed by atoms with Gasteiger partial charge in [-0.2, -0.15) is 13.9 Å². The fraction of sp³-hybridized carbons (Fsp3) is 0.158. The summed E-state index contributed by atoms with van der Waals surface area (Å²) in [5.74, 6) is -4.15. The van der Waals surface area contributed by atoms with Crippen LogP contribution < -0.4 is 10.1 Å². The van der Waals surface area contributed by atoms with Gasteiger partial charge in [-0.1, -0.05) is 0 Å². The van der Waals surface area contributed by atoms with Crippen molar-refractivity contribution in [2.45, 2.75) is 12.8 Å². The third-order valence-electron chi connectivity index (χ3n) is 4.19. The molecule has 4 rings (SSSR count). The Balaban J connectivity index is 1.88. The van der Waals surface area contributed by atoms with Crippen LogP contribution in [-0.4, -0.2) is 32.3 Å². The lowest BCUT2D eigenvalue weighted by Gasteiger charge is -2.17. The highest BCUT2D eigenvalue weighted by molar-refractivity contribution is 5.91.